The van der Waals surface area contributed by atoms with Crippen LogP contribution in [0, 0.1) is 12.7 Å². The number of carbonyl (C=O) groups is 2. The lowest BCUT2D eigenvalue weighted by molar-refractivity contribution is -0.115. The molecule has 1 amide bonds. The summed E-state index contributed by atoms with van der Waals surface area (Å²) in [7, 11) is 3.01. The van der Waals surface area contributed by atoms with E-state index < -0.39 is 11.8 Å². The molecule has 0 spiro atoms. The second-order valence-electron chi connectivity index (χ2n) is 6.51. The number of rotatable bonds is 7. The SMILES string of the molecule is COc1cc(C(=O)OCc2csc(N(C(C)=O)c3ccccc3F)n2)cc(OC)c1C. The molecule has 0 radical (unpaired) electrons. The molecule has 0 aliphatic heterocycles. The van der Waals surface area contributed by atoms with E-state index >= 15 is 0 Å². The first-order valence-electron chi connectivity index (χ1n) is 9.25. The van der Waals surface area contributed by atoms with Crippen LogP contribution in [-0.4, -0.2) is 31.1 Å². The zero-order chi connectivity index (χ0) is 22.5. The molecule has 0 aliphatic rings. The van der Waals surface area contributed by atoms with Crippen LogP contribution < -0.4 is 14.4 Å². The molecule has 0 saturated heterocycles. The van der Waals surface area contributed by atoms with Gasteiger partial charge < -0.3 is 14.2 Å². The summed E-state index contributed by atoms with van der Waals surface area (Å²) < 4.78 is 30.1. The lowest BCUT2D eigenvalue weighted by atomic mass is 10.1. The van der Waals surface area contributed by atoms with Crippen molar-refractivity contribution in [1.29, 1.82) is 0 Å². The van der Waals surface area contributed by atoms with Crippen molar-refractivity contribution < 1.29 is 28.2 Å². The Hall–Kier alpha value is -3.46. The molecule has 3 rings (SSSR count). The van der Waals surface area contributed by atoms with Gasteiger partial charge in [-0.15, -0.1) is 11.3 Å². The highest BCUT2D eigenvalue weighted by Crippen LogP contribution is 2.32. The Morgan fingerprint density at radius 1 is 1.13 bits per heavy atom. The fourth-order valence-electron chi connectivity index (χ4n) is 2.93. The van der Waals surface area contributed by atoms with E-state index in [0.717, 1.165) is 16.9 Å². The number of aromatic nitrogens is 1. The Bertz CT molecular complexity index is 1090. The van der Waals surface area contributed by atoms with Gasteiger partial charge in [0.05, 0.1) is 31.2 Å². The van der Waals surface area contributed by atoms with Gasteiger partial charge in [0.1, 0.15) is 23.9 Å². The molecule has 0 fully saturated rings. The molecule has 162 valence electrons. The van der Waals surface area contributed by atoms with E-state index in [2.05, 4.69) is 4.98 Å². The third kappa shape index (κ3) is 4.83. The zero-order valence-electron chi connectivity index (χ0n) is 17.5. The fourth-order valence-corrected chi connectivity index (χ4v) is 3.80. The minimum absolute atomic E-state index is 0.103. The zero-order valence-corrected chi connectivity index (χ0v) is 18.3. The maximum Gasteiger partial charge on any atom is 0.338 e. The first-order chi connectivity index (χ1) is 14.8. The summed E-state index contributed by atoms with van der Waals surface area (Å²) in [6, 6.07) is 9.08. The summed E-state index contributed by atoms with van der Waals surface area (Å²) in [5.74, 6) is -0.498. The van der Waals surface area contributed by atoms with Gasteiger partial charge in [0.15, 0.2) is 5.13 Å². The maximum atomic E-state index is 14.2. The number of nitrogens with zero attached hydrogens (tertiary/aromatic N) is 2. The highest BCUT2D eigenvalue weighted by Gasteiger charge is 2.21. The fraction of sp³-hybridized carbons (Fsp3) is 0.227. The Morgan fingerprint density at radius 2 is 1.77 bits per heavy atom. The number of benzene rings is 2. The van der Waals surface area contributed by atoms with Gasteiger partial charge in [-0.05, 0) is 31.2 Å². The van der Waals surface area contributed by atoms with Gasteiger partial charge in [0.25, 0.3) is 0 Å². The molecule has 1 aromatic heterocycles. The van der Waals surface area contributed by atoms with Crippen LogP contribution in [0.25, 0.3) is 0 Å². The molecular weight excluding hydrogens is 423 g/mol. The molecule has 2 aromatic carbocycles. The first-order valence-corrected chi connectivity index (χ1v) is 10.1. The smallest absolute Gasteiger partial charge is 0.338 e. The number of esters is 1. The number of thiazole rings is 1. The van der Waals surface area contributed by atoms with Crippen molar-refractivity contribution >= 4 is 34.0 Å². The Labute approximate surface area is 183 Å². The molecule has 9 heteroatoms. The molecule has 0 bridgehead atoms. The van der Waals surface area contributed by atoms with Gasteiger partial charge >= 0.3 is 5.97 Å². The van der Waals surface area contributed by atoms with Gasteiger partial charge in [0, 0.05) is 17.9 Å². The number of carbonyl (C=O) groups excluding carboxylic acids is 2. The van der Waals surface area contributed by atoms with Crippen LogP contribution in [0.1, 0.15) is 28.5 Å². The van der Waals surface area contributed by atoms with Crippen LogP contribution in [0.3, 0.4) is 0 Å². The van der Waals surface area contributed by atoms with E-state index in [1.54, 1.807) is 29.6 Å². The van der Waals surface area contributed by atoms with Gasteiger partial charge in [-0.1, -0.05) is 12.1 Å². The summed E-state index contributed by atoms with van der Waals surface area (Å²) in [5.41, 5.74) is 1.57. The number of hydrogen-bond donors (Lipinski definition) is 0. The number of para-hydroxylation sites is 1. The van der Waals surface area contributed by atoms with E-state index in [9.17, 15) is 14.0 Å². The minimum atomic E-state index is -0.580. The van der Waals surface area contributed by atoms with Crippen molar-refractivity contribution in [3.63, 3.8) is 0 Å². The summed E-state index contributed by atoms with van der Waals surface area (Å²) in [6.07, 6.45) is 0. The molecule has 7 nitrogen and oxygen atoms in total. The van der Waals surface area contributed by atoms with Gasteiger partial charge in [-0.2, -0.15) is 0 Å². The molecular formula is C22H21FN2O5S. The third-order valence-electron chi connectivity index (χ3n) is 4.48. The average molecular weight is 444 g/mol. The summed E-state index contributed by atoms with van der Waals surface area (Å²) >= 11 is 1.15. The van der Waals surface area contributed by atoms with Gasteiger partial charge in [-0.3, -0.25) is 9.69 Å². The average Bonchev–Trinajstić information content (AvgIpc) is 3.22. The van der Waals surface area contributed by atoms with Gasteiger partial charge in [0.2, 0.25) is 5.91 Å². The minimum Gasteiger partial charge on any atom is -0.496 e. The lowest BCUT2D eigenvalue weighted by Crippen LogP contribution is -2.23. The van der Waals surface area contributed by atoms with Crippen molar-refractivity contribution in [3.05, 3.63) is 64.4 Å². The highest BCUT2D eigenvalue weighted by atomic mass is 32.1. The number of hydrogen-bond acceptors (Lipinski definition) is 7. The molecule has 0 unspecified atom stereocenters. The van der Waals surface area contributed by atoms with E-state index in [0.29, 0.717) is 17.2 Å². The highest BCUT2D eigenvalue weighted by molar-refractivity contribution is 7.14. The summed E-state index contributed by atoms with van der Waals surface area (Å²) in [6.45, 7) is 3.03. The third-order valence-corrected chi connectivity index (χ3v) is 5.35. The van der Waals surface area contributed by atoms with Crippen LogP contribution >= 0.6 is 11.3 Å². The van der Waals surface area contributed by atoms with Crippen LogP contribution in [-0.2, 0) is 16.1 Å². The van der Waals surface area contributed by atoms with E-state index in [-0.39, 0.29) is 28.9 Å². The maximum absolute atomic E-state index is 14.2. The van der Waals surface area contributed by atoms with Crippen molar-refractivity contribution in [2.24, 2.45) is 0 Å². The standard InChI is InChI=1S/C22H21FN2O5S/c1-13-19(28-3)9-15(10-20(13)29-4)21(27)30-11-16-12-31-22(24-16)25(14(2)26)18-8-6-5-7-17(18)23/h5-10,12H,11H2,1-4H3. The van der Waals surface area contributed by atoms with Crippen molar-refractivity contribution in [1.82, 2.24) is 4.98 Å². The van der Waals surface area contributed by atoms with Crippen molar-refractivity contribution in [2.75, 3.05) is 19.1 Å². The van der Waals surface area contributed by atoms with Crippen LogP contribution in [0.5, 0.6) is 11.5 Å². The molecule has 3 aromatic rings. The molecule has 0 saturated carbocycles. The first kappa shape index (κ1) is 22.2. The summed E-state index contributed by atoms with van der Waals surface area (Å²) in [5, 5.41) is 1.93. The van der Waals surface area contributed by atoms with E-state index in [1.807, 2.05) is 6.92 Å². The number of ether oxygens (including phenoxy) is 3. The molecule has 1 heterocycles. The second-order valence-corrected chi connectivity index (χ2v) is 7.35. The van der Waals surface area contributed by atoms with Crippen LogP contribution in [0.4, 0.5) is 15.2 Å². The van der Waals surface area contributed by atoms with Gasteiger partial charge in [-0.25, -0.2) is 14.2 Å². The van der Waals surface area contributed by atoms with Crippen molar-refractivity contribution in [3.8, 4) is 11.5 Å². The number of anilines is 2. The quantitative estimate of drug-likeness (QED) is 0.494. The number of methoxy groups -OCH3 is 2. The van der Waals surface area contributed by atoms with E-state index in [4.69, 9.17) is 14.2 Å². The normalized spacial score (nSPS) is 10.5. The van der Waals surface area contributed by atoms with Crippen molar-refractivity contribution in [2.45, 2.75) is 20.5 Å². The van der Waals surface area contributed by atoms with Crippen LogP contribution in [0.15, 0.2) is 41.8 Å². The van der Waals surface area contributed by atoms with Crippen LogP contribution in [0.2, 0.25) is 0 Å². The topological polar surface area (TPSA) is 78.0 Å². The molecule has 31 heavy (non-hydrogen) atoms. The largest absolute Gasteiger partial charge is 0.496 e. The molecule has 0 aliphatic carbocycles. The molecule has 0 N–H and O–H groups in total. The predicted octanol–water partition coefficient (Wildman–Crippen LogP) is 4.65. The number of halogens is 1. The monoisotopic (exact) mass is 444 g/mol. The Kier molecular flexibility index (Phi) is 6.86. The Balaban J connectivity index is 1.76. The Morgan fingerprint density at radius 3 is 2.35 bits per heavy atom. The number of amides is 1. The lowest BCUT2D eigenvalue weighted by Gasteiger charge is -2.18. The second kappa shape index (κ2) is 9.57. The summed E-state index contributed by atoms with van der Waals surface area (Å²) in [4.78, 5) is 30.1. The van der Waals surface area contributed by atoms with E-state index in [1.165, 1.54) is 38.2 Å². The molecule has 0 atom stereocenters. The predicted molar refractivity (Wildman–Crippen MR) is 115 cm³/mol.